The molecule has 6 heteroatoms. The lowest BCUT2D eigenvalue weighted by Gasteiger charge is -2.35. The zero-order valence-corrected chi connectivity index (χ0v) is 13.5. The first kappa shape index (κ1) is 16.5. The maximum atomic E-state index is 12.3. The average Bonchev–Trinajstić information content (AvgIpc) is 2.99. The maximum absolute atomic E-state index is 12.3. The minimum atomic E-state index is -1.68. The number of benzene rings is 1. The zero-order chi connectivity index (χ0) is 17.2. The molecule has 0 atom stereocenters. The maximum Gasteiger partial charge on any atom is 0.335 e. The van der Waals surface area contributed by atoms with Crippen molar-refractivity contribution in [3.8, 4) is 0 Å². The number of carbonyl (C=O) groups excluding carboxylic acids is 1. The second-order valence-corrected chi connectivity index (χ2v) is 6.43. The normalized spacial score (nSPS) is 17.1. The predicted octanol–water partition coefficient (Wildman–Crippen LogP) is 1.93. The largest absolute Gasteiger partial charge is 0.479 e. The molecule has 0 unspecified atom stereocenters. The molecule has 1 aromatic carbocycles. The third kappa shape index (κ3) is 3.28. The Bertz CT molecular complexity index is 744. The van der Waals surface area contributed by atoms with E-state index in [4.69, 9.17) is 5.11 Å². The van der Waals surface area contributed by atoms with Crippen LogP contribution in [0.15, 0.2) is 30.5 Å². The van der Waals surface area contributed by atoms with Gasteiger partial charge in [-0.1, -0.05) is 18.2 Å². The van der Waals surface area contributed by atoms with Crippen molar-refractivity contribution in [1.82, 2.24) is 9.88 Å². The van der Waals surface area contributed by atoms with E-state index >= 15 is 0 Å². The molecule has 6 nitrogen and oxygen atoms in total. The van der Waals surface area contributed by atoms with Crippen LogP contribution in [0.1, 0.15) is 31.2 Å². The van der Waals surface area contributed by atoms with E-state index in [0.717, 1.165) is 18.4 Å². The van der Waals surface area contributed by atoms with Crippen LogP contribution in [0, 0.1) is 0 Å². The van der Waals surface area contributed by atoms with E-state index in [1.807, 2.05) is 24.4 Å². The highest BCUT2D eigenvalue weighted by molar-refractivity contribution is 5.83. The number of fused-ring (bicyclic) bond motifs is 1. The Morgan fingerprint density at radius 1 is 1.21 bits per heavy atom. The first-order valence-electron chi connectivity index (χ1n) is 8.28. The van der Waals surface area contributed by atoms with E-state index in [1.165, 1.54) is 10.9 Å². The Hall–Kier alpha value is -2.34. The van der Waals surface area contributed by atoms with Gasteiger partial charge in [0.15, 0.2) is 5.60 Å². The van der Waals surface area contributed by atoms with Crippen molar-refractivity contribution in [2.75, 3.05) is 13.1 Å². The number of rotatable bonds is 5. The number of aliphatic carboxylic acids is 1. The molecular weight excluding hydrogens is 308 g/mol. The summed E-state index contributed by atoms with van der Waals surface area (Å²) < 4.78 is 0. The summed E-state index contributed by atoms with van der Waals surface area (Å²) in [5.74, 6) is -1.17. The number of nitrogens with one attached hydrogen (secondary N) is 1. The second-order valence-electron chi connectivity index (χ2n) is 6.43. The van der Waals surface area contributed by atoms with Crippen molar-refractivity contribution >= 4 is 22.8 Å². The van der Waals surface area contributed by atoms with Gasteiger partial charge in [-0.2, -0.15) is 0 Å². The van der Waals surface area contributed by atoms with E-state index in [0.29, 0.717) is 19.5 Å². The number of H-pyrrole nitrogens is 1. The van der Waals surface area contributed by atoms with Gasteiger partial charge in [0.2, 0.25) is 5.91 Å². The van der Waals surface area contributed by atoms with E-state index in [9.17, 15) is 14.7 Å². The van der Waals surface area contributed by atoms with Gasteiger partial charge in [0, 0.05) is 49.5 Å². The SMILES string of the molecule is O=C(CCCc1c[nH]c2ccccc12)N1CCC(O)(C(=O)O)CC1. The summed E-state index contributed by atoms with van der Waals surface area (Å²) in [6.07, 6.45) is 4.18. The van der Waals surface area contributed by atoms with Crippen molar-refractivity contribution in [1.29, 1.82) is 0 Å². The van der Waals surface area contributed by atoms with Gasteiger partial charge in [0.05, 0.1) is 0 Å². The molecule has 3 rings (SSSR count). The topological polar surface area (TPSA) is 93.6 Å². The molecule has 2 heterocycles. The summed E-state index contributed by atoms with van der Waals surface area (Å²) in [4.78, 5) is 28.2. The predicted molar refractivity (Wildman–Crippen MR) is 89.6 cm³/mol. The number of hydrogen-bond donors (Lipinski definition) is 3. The van der Waals surface area contributed by atoms with Crippen LogP contribution < -0.4 is 0 Å². The van der Waals surface area contributed by atoms with Gasteiger partial charge in [-0.15, -0.1) is 0 Å². The number of piperidine rings is 1. The highest BCUT2D eigenvalue weighted by atomic mass is 16.4. The molecule has 0 aliphatic carbocycles. The molecule has 1 aliphatic rings. The molecule has 1 aromatic heterocycles. The van der Waals surface area contributed by atoms with Crippen LogP contribution in [0.4, 0.5) is 0 Å². The van der Waals surface area contributed by atoms with E-state index in [2.05, 4.69) is 11.1 Å². The highest BCUT2D eigenvalue weighted by Gasteiger charge is 2.40. The minimum Gasteiger partial charge on any atom is -0.479 e. The number of hydrogen-bond acceptors (Lipinski definition) is 3. The van der Waals surface area contributed by atoms with Crippen LogP contribution in [0.3, 0.4) is 0 Å². The zero-order valence-electron chi connectivity index (χ0n) is 13.5. The van der Waals surface area contributed by atoms with Crippen LogP contribution in [0.25, 0.3) is 10.9 Å². The van der Waals surface area contributed by atoms with Crippen LogP contribution >= 0.6 is 0 Å². The number of para-hydroxylation sites is 1. The first-order valence-corrected chi connectivity index (χ1v) is 8.28. The molecule has 3 N–H and O–H groups in total. The van der Waals surface area contributed by atoms with Gasteiger partial charge in [0.1, 0.15) is 0 Å². The monoisotopic (exact) mass is 330 g/mol. The summed E-state index contributed by atoms with van der Waals surface area (Å²) in [7, 11) is 0. The Morgan fingerprint density at radius 3 is 2.62 bits per heavy atom. The van der Waals surface area contributed by atoms with Crippen molar-refractivity contribution < 1.29 is 19.8 Å². The van der Waals surface area contributed by atoms with Gasteiger partial charge in [-0.25, -0.2) is 4.79 Å². The smallest absolute Gasteiger partial charge is 0.335 e. The van der Waals surface area contributed by atoms with Crippen molar-refractivity contribution in [2.24, 2.45) is 0 Å². The Balaban J connectivity index is 1.49. The van der Waals surface area contributed by atoms with Crippen molar-refractivity contribution in [2.45, 2.75) is 37.7 Å². The number of nitrogens with zero attached hydrogens (tertiary/aromatic N) is 1. The van der Waals surface area contributed by atoms with Crippen LogP contribution in [-0.4, -0.2) is 50.7 Å². The lowest BCUT2D eigenvalue weighted by Crippen LogP contribution is -2.50. The Morgan fingerprint density at radius 2 is 1.92 bits per heavy atom. The quantitative estimate of drug-likeness (QED) is 0.781. The fraction of sp³-hybridized carbons (Fsp3) is 0.444. The molecule has 2 aromatic rings. The molecule has 24 heavy (non-hydrogen) atoms. The molecule has 0 radical (unpaired) electrons. The number of aryl methyl sites for hydroxylation is 1. The summed E-state index contributed by atoms with van der Waals surface area (Å²) in [5, 5.41) is 20.1. The molecule has 1 fully saturated rings. The first-order chi connectivity index (χ1) is 11.5. The highest BCUT2D eigenvalue weighted by Crippen LogP contribution is 2.24. The molecule has 128 valence electrons. The van der Waals surface area contributed by atoms with Crippen molar-refractivity contribution in [3.05, 3.63) is 36.0 Å². The number of likely N-dealkylation sites (tertiary alicyclic amines) is 1. The summed E-state index contributed by atoms with van der Waals surface area (Å²) in [5.41, 5.74) is 0.626. The molecule has 1 aliphatic heterocycles. The average molecular weight is 330 g/mol. The van der Waals surface area contributed by atoms with Gasteiger partial charge in [-0.05, 0) is 24.5 Å². The minimum absolute atomic E-state index is 0.0299. The number of aromatic nitrogens is 1. The number of amides is 1. The molecule has 0 spiro atoms. The third-order valence-corrected chi connectivity index (χ3v) is 4.85. The van der Waals surface area contributed by atoms with Gasteiger partial charge in [0.25, 0.3) is 0 Å². The van der Waals surface area contributed by atoms with E-state index in [1.54, 1.807) is 4.90 Å². The summed E-state index contributed by atoms with van der Waals surface area (Å²) in [6, 6.07) is 8.09. The van der Waals surface area contributed by atoms with E-state index in [-0.39, 0.29) is 18.7 Å². The summed E-state index contributed by atoms with van der Waals surface area (Å²) >= 11 is 0. The number of aliphatic hydroxyl groups is 1. The summed E-state index contributed by atoms with van der Waals surface area (Å²) in [6.45, 7) is 0.601. The van der Waals surface area contributed by atoms with Gasteiger partial charge < -0.3 is 20.1 Å². The van der Waals surface area contributed by atoms with Crippen LogP contribution in [-0.2, 0) is 16.0 Å². The lowest BCUT2D eigenvalue weighted by molar-refractivity contribution is -0.165. The fourth-order valence-corrected chi connectivity index (χ4v) is 3.27. The Labute approximate surface area is 140 Å². The van der Waals surface area contributed by atoms with Gasteiger partial charge in [-0.3, -0.25) is 4.79 Å². The molecular formula is C18H22N2O4. The molecule has 0 bridgehead atoms. The van der Waals surface area contributed by atoms with Crippen LogP contribution in [0.2, 0.25) is 0 Å². The van der Waals surface area contributed by atoms with E-state index < -0.39 is 11.6 Å². The molecule has 1 amide bonds. The molecule has 0 saturated carbocycles. The number of aromatic amines is 1. The third-order valence-electron chi connectivity index (χ3n) is 4.85. The number of carboxylic acids is 1. The lowest BCUT2D eigenvalue weighted by atomic mass is 9.91. The van der Waals surface area contributed by atoms with Crippen molar-refractivity contribution in [3.63, 3.8) is 0 Å². The van der Waals surface area contributed by atoms with Crippen LogP contribution in [0.5, 0.6) is 0 Å². The molecule has 1 saturated heterocycles. The number of carboxylic acid groups (broad SMARTS) is 1. The second kappa shape index (κ2) is 6.65. The standard InChI is InChI=1S/C18H22N2O4/c21-16(20-10-8-18(24,9-11-20)17(22)23)7-3-4-13-12-19-15-6-2-1-5-14(13)15/h1-2,5-6,12,19,24H,3-4,7-11H2,(H,22,23). The number of carbonyl (C=O) groups is 2. The Kier molecular flexibility index (Phi) is 4.57. The fourth-order valence-electron chi connectivity index (χ4n) is 3.27. The van der Waals surface area contributed by atoms with Gasteiger partial charge >= 0.3 is 5.97 Å².